The van der Waals surface area contributed by atoms with Crippen LogP contribution in [0.4, 0.5) is 0 Å². The zero-order valence-corrected chi connectivity index (χ0v) is 15.9. The van der Waals surface area contributed by atoms with E-state index in [1.54, 1.807) is 24.3 Å². The number of carbonyl (C=O) groups is 2. The summed E-state index contributed by atoms with van der Waals surface area (Å²) < 4.78 is 7.28. The summed E-state index contributed by atoms with van der Waals surface area (Å²) in [6.07, 6.45) is 8.89. The van der Waals surface area contributed by atoms with E-state index < -0.39 is 0 Å². The molecule has 1 aliphatic heterocycles. The van der Waals surface area contributed by atoms with E-state index in [2.05, 4.69) is 5.48 Å². The van der Waals surface area contributed by atoms with Gasteiger partial charge < -0.3 is 9.30 Å². The number of hydroxylamine groups is 1. The first-order chi connectivity index (χ1) is 13.1. The van der Waals surface area contributed by atoms with Gasteiger partial charge >= 0.3 is 0 Å². The quantitative estimate of drug-likeness (QED) is 0.449. The van der Waals surface area contributed by atoms with Crippen LogP contribution in [-0.4, -0.2) is 29.2 Å². The number of carbonyl (C=O) groups excluding carboxylic acids is 2. The first kappa shape index (κ1) is 19.3. The normalized spacial score (nSPS) is 17.6. The van der Waals surface area contributed by atoms with Crippen LogP contribution in [0.2, 0.25) is 0 Å². The SMILES string of the molecule is Cn1c(/C=C/C(=O)NOC2CCCCO2)ccc1/C=C/C(=O)c1cccs1. The van der Waals surface area contributed by atoms with Gasteiger partial charge in [0, 0.05) is 37.5 Å². The topological polar surface area (TPSA) is 69.6 Å². The van der Waals surface area contributed by atoms with Crippen molar-refractivity contribution in [2.45, 2.75) is 25.6 Å². The van der Waals surface area contributed by atoms with Gasteiger partial charge in [-0.2, -0.15) is 0 Å². The summed E-state index contributed by atoms with van der Waals surface area (Å²) >= 11 is 1.42. The van der Waals surface area contributed by atoms with Crippen LogP contribution in [0.25, 0.3) is 12.2 Å². The summed E-state index contributed by atoms with van der Waals surface area (Å²) in [5, 5.41) is 1.88. The Morgan fingerprint density at radius 1 is 1.22 bits per heavy atom. The number of nitrogens with zero attached hydrogens (tertiary/aromatic N) is 1. The molecule has 1 amide bonds. The molecule has 3 rings (SSSR count). The van der Waals surface area contributed by atoms with Crippen molar-refractivity contribution in [3.8, 4) is 0 Å². The molecule has 1 aliphatic rings. The lowest BCUT2D eigenvalue weighted by atomic mass is 10.2. The van der Waals surface area contributed by atoms with Gasteiger partial charge in [-0.15, -0.1) is 11.3 Å². The fourth-order valence-electron chi connectivity index (χ4n) is 2.66. The van der Waals surface area contributed by atoms with Gasteiger partial charge in [-0.1, -0.05) is 6.07 Å². The first-order valence-corrected chi connectivity index (χ1v) is 9.68. The predicted molar refractivity (Wildman–Crippen MR) is 105 cm³/mol. The highest BCUT2D eigenvalue weighted by Crippen LogP contribution is 2.14. The third-order valence-electron chi connectivity index (χ3n) is 4.20. The molecular formula is C20H22N2O4S. The minimum Gasteiger partial charge on any atom is -0.350 e. The molecule has 2 aromatic heterocycles. The maximum Gasteiger partial charge on any atom is 0.267 e. The van der Waals surface area contributed by atoms with Crippen molar-refractivity contribution >= 4 is 35.2 Å². The van der Waals surface area contributed by atoms with Crippen LogP contribution in [0.3, 0.4) is 0 Å². The number of nitrogens with one attached hydrogen (secondary N) is 1. The van der Waals surface area contributed by atoms with Gasteiger partial charge in [-0.25, -0.2) is 10.3 Å². The summed E-state index contributed by atoms with van der Waals surface area (Å²) in [4.78, 5) is 29.9. The minimum atomic E-state index is -0.372. The van der Waals surface area contributed by atoms with Crippen molar-refractivity contribution < 1.29 is 19.2 Å². The van der Waals surface area contributed by atoms with Crippen LogP contribution >= 0.6 is 11.3 Å². The molecule has 6 nitrogen and oxygen atoms in total. The number of ketones is 1. The van der Waals surface area contributed by atoms with Crippen molar-refractivity contribution in [1.29, 1.82) is 0 Å². The van der Waals surface area contributed by atoms with E-state index in [9.17, 15) is 9.59 Å². The Bertz CT molecular complexity index is 830. The fraction of sp³-hybridized carbons (Fsp3) is 0.300. The maximum atomic E-state index is 12.0. The van der Waals surface area contributed by atoms with Gasteiger partial charge in [0.15, 0.2) is 12.1 Å². The van der Waals surface area contributed by atoms with Gasteiger partial charge in [0.25, 0.3) is 5.91 Å². The van der Waals surface area contributed by atoms with Crippen LogP contribution in [-0.2, 0) is 21.4 Å². The standard InChI is InChI=1S/C20H22N2O4S/c1-22-15(9-11-17(23)18-5-4-14-27-18)7-8-16(22)10-12-19(24)21-26-20-6-2-3-13-25-20/h4-5,7-12,14,20H,2-3,6,13H2,1H3,(H,21,24)/b11-9+,12-10+. The van der Waals surface area contributed by atoms with E-state index >= 15 is 0 Å². The maximum absolute atomic E-state index is 12.0. The molecule has 0 spiro atoms. The van der Waals surface area contributed by atoms with Crippen LogP contribution in [0.1, 0.15) is 40.3 Å². The van der Waals surface area contributed by atoms with Gasteiger partial charge in [-0.3, -0.25) is 9.59 Å². The molecule has 27 heavy (non-hydrogen) atoms. The predicted octanol–water partition coefficient (Wildman–Crippen LogP) is 3.57. The monoisotopic (exact) mass is 386 g/mol. The third kappa shape index (κ3) is 5.50. The first-order valence-electron chi connectivity index (χ1n) is 8.80. The minimum absolute atomic E-state index is 0.0234. The zero-order chi connectivity index (χ0) is 19.1. The zero-order valence-electron chi connectivity index (χ0n) is 15.1. The lowest BCUT2D eigenvalue weighted by Gasteiger charge is -2.21. The molecule has 1 N–H and O–H groups in total. The molecule has 2 aromatic rings. The lowest BCUT2D eigenvalue weighted by Crippen LogP contribution is -2.32. The van der Waals surface area contributed by atoms with Crippen molar-refractivity contribution in [2.75, 3.05) is 6.61 Å². The number of thiophene rings is 1. The molecule has 0 aromatic carbocycles. The van der Waals surface area contributed by atoms with Crippen LogP contribution < -0.4 is 5.48 Å². The van der Waals surface area contributed by atoms with Crippen LogP contribution in [0.5, 0.6) is 0 Å². The van der Waals surface area contributed by atoms with Crippen LogP contribution in [0, 0.1) is 0 Å². The highest BCUT2D eigenvalue weighted by molar-refractivity contribution is 7.12. The summed E-state index contributed by atoms with van der Waals surface area (Å²) in [5.74, 6) is -0.375. The van der Waals surface area contributed by atoms with Crippen molar-refractivity contribution in [2.24, 2.45) is 7.05 Å². The van der Waals surface area contributed by atoms with E-state index in [-0.39, 0.29) is 18.0 Å². The number of hydrogen-bond donors (Lipinski definition) is 1. The molecule has 142 valence electrons. The molecule has 3 heterocycles. The van der Waals surface area contributed by atoms with Gasteiger partial charge in [0.2, 0.25) is 0 Å². The molecule has 1 saturated heterocycles. The second kappa shape index (κ2) is 9.45. The summed E-state index contributed by atoms with van der Waals surface area (Å²) in [6, 6.07) is 7.42. The largest absolute Gasteiger partial charge is 0.350 e. The number of rotatable bonds is 7. The van der Waals surface area contributed by atoms with E-state index in [0.717, 1.165) is 30.7 Å². The van der Waals surface area contributed by atoms with Gasteiger partial charge in [-0.05, 0) is 54.6 Å². The Balaban J connectivity index is 1.53. The average molecular weight is 386 g/mol. The van der Waals surface area contributed by atoms with Crippen molar-refractivity contribution in [3.63, 3.8) is 0 Å². The van der Waals surface area contributed by atoms with E-state index in [1.165, 1.54) is 17.4 Å². The molecule has 0 bridgehead atoms. The Kier molecular flexibility index (Phi) is 6.75. The Morgan fingerprint density at radius 2 is 2.00 bits per heavy atom. The number of ether oxygens (including phenoxy) is 1. The Morgan fingerprint density at radius 3 is 2.67 bits per heavy atom. The van der Waals surface area contributed by atoms with E-state index in [0.29, 0.717) is 11.5 Å². The van der Waals surface area contributed by atoms with E-state index in [4.69, 9.17) is 9.57 Å². The Labute approximate surface area is 162 Å². The van der Waals surface area contributed by atoms with E-state index in [1.807, 2.05) is 35.2 Å². The second-order valence-electron chi connectivity index (χ2n) is 6.13. The molecule has 1 atom stereocenters. The number of aromatic nitrogens is 1. The summed E-state index contributed by atoms with van der Waals surface area (Å²) in [6.45, 7) is 0.658. The molecule has 1 fully saturated rings. The number of amides is 1. The highest BCUT2D eigenvalue weighted by atomic mass is 32.1. The third-order valence-corrected chi connectivity index (χ3v) is 5.09. The molecule has 0 radical (unpaired) electrons. The molecule has 0 saturated carbocycles. The van der Waals surface area contributed by atoms with Crippen molar-refractivity contribution in [3.05, 3.63) is 58.1 Å². The molecule has 1 unspecified atom stereocenters. The lowest BCUT2D eigenvalue weighted by molar-refractivity contribution is -0.198. The Hall–Kier alpha value is -2.48. The van der Waals surface area contributed by atoms with Gasteiger partial charge in [0.05, 0.1) is 4.88 Å². The fourth-order valence-corrected chi connectivity index (χ4v) is 3.31. The summed E-state index contributed by atoms with van der Waals surface area (Å²) in [5.41, 5.74) is 4.09. The van der Waals surface area contributed by atoms with Crippen LogP contribution in [0.15, 0.2) is 41.8 Å². The summed E-state index contributed by atoms with van der Waals surface area (Å²) in [7, 11) is 1.87. The number of hydrogen-bond acceptors (Lipinski definition) is 5. The molecule has 7 heteroatoms. The smallest absolute Gasteiger partial charge is 0.267 e. The highest BCUT2D eigenvalue weighted by Gasteiger charge is 2.15. The number of allylic oxidation sites excluding steroid dienone is 1. The van der Waals surface area contributed by atoms with Crippen molar-refractivity contribution in [1.82, 2.24) is 10.0 Å². The average Bonchev–Trinajstić information content (AvgIpc) is 3.34. The second-order valence-corrected chi connectivity index (χ2v) is 7.08. The van der Waals surface area contributed by atoms with Gasteiger partial charge in [0.1, 0.15) is 0 Å². The molecular weight excluding hydrogens is 364 g/mol. The molecule has 0 aliphatic carbocycles.